The Labute approximate surface area is 191 Å². The summed E-state index contributed by atoms with van der Waals surface area (Å²) in [5.41, 5.74) is 2.16. The Morgan fingerprint density at radius 3 is 2.48 bits per heavy atom. The van der Waals surface area contributed by atoms with Crippen LogP contribution in [-0.2, 0) is 28.3 Å². The molecule has 0 saturated carbocycles. The van der Waals surface area contributed by atoms with Crippen LogP contribution in [0.2, 0.25) is 0 Å². The highest BCUT2D eigenvalue weighted by atomic mass is 19.1. The lowest BCUT2D eigenvalue weighted by atomic mass is 9.83. The zero-order valence-electron chi connectivity index (χ0n) is 18.2. The van der Waals surface area contributed by atoms with Crippen LogP contribution in [0.5, 0.6) is 0 Å². The van der Waals surface area contributed by atoms with Gasteiger partial charge in [-0.25, -0.2) is 4.39 Å². The highest BCUT2D eigenvalue weighted by Gasteiger charge is 2.40. The topological polar surface area (TPSA) is 90.0 Å². The monoisotopic (exact) mass is 451 g/mol. The molecule has 3 amide bonds. The van der Waals surface area contributed by atoms with Crippen LogP contribution in [0.15, 0.2) is 42.5 Å². The van der Waals surface area contributed by atoms with Gasteiger partial charge in [0.05, 0.1) is 5.60 Å². The zero-order chi connectivity index (χ0) is 23.2. The number of rotatable bonds is 4. The average Bonchev–Trinajstić information content (AvgIpc) is 3.13. The van der Waals surface area contributed by atoms with Crippen molar-refractivity contribution in [3.8, 4) is 0 Å². The number of halogens is 1. The van der Waals surface area contributed by atoms with Gasteiger partial charge in [0.1, 0.15) is 11.9 Å². The van der Waals surface area contributed by atoms with E-state index < -0.39 is 17.6 Å². The summed E-state index contributed by atoms with van der Waals surface area (Å²) in [7, 11) is 0. The van der Waals surface area contributed by atoms with Crippen molar-refractivity contribution in [3.05, 3.63) is 70.5 Å². The van der Waals surface area contributed by atoms with Gasteiger partial charge >= 0.3 is 0 Å². The molecule has 172 valence electrons. The Balaban J connectivity index is 1.26. The largest absolute Gasteiger partial charge is 0.385 e. The van der Waals surface area contributed by atoms with E-state index in [1.54, 1.807) is 24.3 Å². The third-order valence-electron chi connectivity index (χ3n) is 7.06. The first kappa shape index (κ1) is 21.7. The molecule has 2 N–H and O–H groups in total. The van der Waals surface area contributed by atoms with Crippen LogP contribution in [0.3, 0.4) is 0 Å². The molecule has 1 atom stereocenters. The van der Waals surface area contributed by atoms with Crippen molar-refractivity contribution in [3.63, 3.8) is 0 Å². The minimum atomic E-state index is -0.987. The van der Waals surface area contributed by atoms with Crippen LogP contribution >= 0.6 is 0 Å². The first-order valence-corrected chi connectivity index (χ1v) is 11.3. The lowest BCUT2D eigenvalue weighted by Gasteiger charge is -2.38. The molecular weight excluding hydrogens is 425 g/mol. The summed E-state index contributed by atoms with van der Waals surface area (Å²) in [6.45, 7) is 2.40. The van der Waals surface area contributed by atoms with Crippen LogP contribution in [0.1, 0.15) is 52.7 Å². The van der Waals surface area contributed by atoms with Crippen LogP contribution in [0.4, 0.5) is 4.39 Å². The van der Waals surface area contributed by atoms with Crippen LogP contribution in [-0.4, -0.2) is 51.8 Å². The predicted octanol–water partition coefficient (Wildman–Crippen LogP) is 2.07. The summed E-state index contributed by atoms with van der Waals surface area (Å²) in [4.78, 5) is 40.3. The molecule has 2 aromatic rings. The molecule has 3 aliphatic rings. The van der Waals surface area contributed by atoms with Gasteiger partial charge < -0.3 is 10.0 Å². The van der Waals surface area contributed by atoms with E-state index in [2.05, 4.69) is 10.2 Å². The van der Waals surface area contributed by atoms with Gasteiger partial charge in [0.15, 0.2) is 0 Å². The van der Waals surface area contributed by atoms with E-state index in [0.29, 0.717) is 51.0 Å². The van der Waals surface area contributed by atoms with Gasteiger partial charge in [-0.05, 0) is 54.2 Å². The lowest BCUT2D eigenvalue weighted by Crippen LogP contribution is -2.52. The van der Waals surface area contributed by atoms with E-state index in [-0.39, 0.29) is 24.1 Å². The molecule has 0 radical (unpaired) electrons. The number of carbonyl (C=O) groups is 3. The second-order valence-corrected chi connectivity index (χ2v) is 9.21. The SMILES string of the molecule is O=C1CCC(N2Cc3cc(C4(O)CCN(Cc5ccc(F)cc5)CC4)ccc3C2=O)C(=O)N1. The highest BCUT2D eigenvalue weighted by molar-refractivity contribution is 6.05. The van der Waals surface area contributed by atoms with Crippen molar-refractivity contribution in [2.24, 2.45) is 0 Å². The van der Waals surface area contributed by atoms with E-state index in [9.17, 15) is 23.9 Å². The third-order valence-corrected chi connectivity index (χ3v) is 7.06. The average molecular weight is 451 g/mol. The standard InChI is InChI=1S/C25H26FN3O4/c26-19-4-1-16(2-5-19)14-28-11-9-25(33,10-12-28)18-3-6-20-17(13-18)15-29(24(20)32)21-7-8-22(30)27-23(21)31/h1-6,13,21,33H,7-12,14-15H2,(H,27,30,31). The van der Waals surface area contributed by atoms with Crippen molar-refractivity contribution in [1.82, 2.24) is 15.1 Å². The molecule has 0 aromatic heterocycles. The number of likely N-dealkylation sites (tertiary alicyclic amines) is 1. The van der Waals surface area contributed by atoms with Crippen LogP contribution in [0, 0.1) is 5.82 Å². The van der Waals surface area contributed by atoms with Crippen molar-refractivity contribution < 1.29 is 23.9 Å². The fourth-order valence-corrected chi connectivity index (χ4v) is 5.08. The Kier molecular flexibility index (Phi) is 5.50. The molecule has 33 heavy (non-hydrogen) atoms. The van der Waals surface area contributed by atoms with Crippen molar-refractivity contribution >= 4 is 17.7 Å². The van der Waals surface area contributed by atoms with Crippen LogP contribution < -0.4 is 5.32 Å². The normalized spacial score (nSPS) is 22.9. The zero-order valence-corrected chi connectivity index (χ0v) is 18.2. The molecule has 0 spiro atoms. The summed E-state index contributed by atoms with van der Waals surface area (Å²) in [6.07, 6.45) is 1.65. The van der Waals surface area contributed by atoms with E-state index in [1.165, 1.54) is 17.0 Å². The minimum absolute atomic E-state index is 0.216. The summed E-state index contributed by atoms with van der Waals surface area (Å²) in [5.74, 6) is -1.21. The molecule has 7 nitrogen and oxygen atoms in total. The number of nitrogens with one attached hydrogen (secondary N) is 1. The summed E-state index contributed by atoms with van der Waals surface area (Å²) >= 11 is 0. The molecule has 3 aliphatic heterocycles. The summed E-state index contributed by atoms with van der Waals surface area (Å²) < 4.78 is 13.1. The van der Waals surface area contributed by atoms with Crippen molar-refractivity contribution in [2.75, 3.05) is 13.1 Å². The number of fused-ring (bicyclic) bond motifs is 1. The molecular formula is C25H26FN3O4. The number of hydrogen-bond acceptors (Lipinski definition) is 5. The van der Waals surface area contributed by atoms with Gasteiger partial charge in [-0.15, -0.1) is 0 Å². The number of benzene rings is 2. The Bertz CT molecular complexity index is 1110. The number of hydrogen-bond donors (Lipinski definition) is 2. The highest BCUT2D eigenvalue weighted by Crippen LogP contribution is 2.36. The quantitative estimate of drug-likeness (QED) is 0.695. The molecule has 3 heterocycles. The number of imide groups is 1. The number of aliphatic hydroxyl groups is 1. The van der Waals surface area contributed by atoms with E-state index in [1.807, 2.05) is 6.07 Å². The predicted molar refractivity (Wildman–Crippen MR) is 117 cm³/mol. The second-order valence-electron chi connectivity index (χ2n) is 9.21. The molecule has 8 heteroatoms. The summed E-state index contributed by atoms with van der Waals surface area (Å²) in [5, 5.41) is 13.7. The van der Waals surface area contributed by atoms with Gasteiger partial charge in [-0.3, -0.25) is 24.6 Å². The summed E-state index contributed by atoms with van der Waals surface area (Å²) in [6, 6.07) is 11.3. The lowest BCUT2D eigenvalue weighted by molar-refractivity contribution is -0.136. The molecule has 1 unspecified atom stereocenters. The number of carbonyl (C=O) groups excluding carboxylic acids is 3. The van der Waals surface area contributed by atoms with Crippen molar-refractivity contribution in [1.29, 1.82) is 0 Å². The Hall–Kier alpha value is -3.10. The van der Waals surface area contributed by atoms with Crippen molar-refractivity contribution in [2.45, 2.75) is 50.4 Å². The number of nitrogens with zero attached hydrogens (tertiary/aromatic N) is 2. The molecule has 2 saturated heterocycles. The number of amides is 3. The minimum Gasteiger partial charge on any atom is -0.385 e. The molecule has 0 aliphatic carbocycles. The smallest absolute Gasteiger partial charge is 0.255 e. The molecule has 0 bridgehead atoms. The Morgan fingerprint density at radius 1 is 1.06 bits per heavy atom. The van der Waals surface area contributed by atoms with E-state index >= 15 is 0 Å². The van der Waals surface area contributed by atoms with E-state index in [0.717, 1.165) is 16.7 Å². The van der Waals surface area contributed by atoms with Gasteiger partial charge in [0, 0.05) is 38.2 Å². The van der Waals surface area contributed by atoms with E-state index in [4.69, 9.17) is 0 Å². The van der Waals surface area contributed by atoms with Gasteiger partial charge in [-0.1, -0.05) is 24.3 Å². The Morgan fingerprint density at radius 2 is 1.79 bits per heavy atom. The fourth-order valence-electron chi connectivity index (χ4n) is 5.08. The third kappa shape index (κ3) is 4.16. The molecule has 2 aromatic carbocycles. The first-order chi connectivity index (χ1) is 15.8. The van der Waals surface area contributed by atoms with Crippen LogP contribution in [0.25, 0.3) is 0 Å². The number of piperidine rings is 2. The maximum absolute atomic E-state index is 13.1. The molecule has 2 fully saturated rings. The first-order valence-electron chi connectivity index (χ1n) is 11.3. The maximum atomic E-state index is 13.1. The maximum Gasteiger partial charge on any atom is 0.255 e. The molecule has 5 rings (SSSR count). The van der Waals surface area contributed by atoms with Gasteiger partial charge in [0.2, 0.25) is 11.8 Å². The second kappa shape index (κ2) is 8.35. The fraction of sp³-hybridized carbons (Fsp3) is 0.400. The van der Waals surface area contributed by atoms with Gasteiger partial charge in [-0.2, -0.15) is 0 Å². The van der Waals surface area contributed by atoms with Gasteiger partial charge in [0.25, 0.3) is 5.91 Å².